The normalized spacial score (nSPS) is 11.5. The molecular formula is C32H28F3N3O2. The van der Waals surface area contributed by atoms with Crippen LogP contribution < -0.4 is 5.32 Å². The Bertz CT molecular complexity index is 1630. The molecule has 5 aromatic rings. The predicted molar refractivity (Wildman–Crippen MR) is 150 cm³/mol. The summed E-state index contributed by atoms with van der Waals surface area (Å²) in [6, 6.07) is 29.4. The van der Waals surface area contributed by atoms with E-state index in [1.54, 1.807) is 10.7 Å². The monoisotopic (exact) mass is 543 g/mol. The second kappa shape index (κ2) is 11.7. The summed E-state index contributed by atoms with van der Waals surface area (Å²) in [6.07, 6.45) is -3.89. The fourth-order valence-corrected chi connectivity index (χ4v) is 4.74. The fourth-order valence-electron chi connectivity index (χ4n) is 4.74. The molecule has 5 rings (SSSR count). The smallest absolute Gasteiger partial charge is 0.418 e. The molecule has 0 unspecified atom stereocenters. The molecule has 0 saturated heterocycles. The lowest BCUT2D eigenvalue weighted by Crippen LogP contribution is -2.07. The number of carbonyl (C=O) groups is 1. The first-order valence-electron chi connectivity index (χ1n) is 12.9. The van der Waals surface area contributed by atoms with Gasteiger partial charge in [0.2, 0.25) is 0 Å². The number of nitrogens with one attached hydrogen (secondary N) is 1. The van der Waals surface area contributed by atoms with Gasteiger partial charge in [0.25, 0.3) is 0 Å². The first-order valence-corrected chi connectivity index (χ1v) is 12.9. The lowest BCUT2D eigenvalue weighted by molar-refractivity contribution is -0.141. The molecule has 4 aromatic carbocycles. The van der Waals surface area contributed by atoms with E-state index in [1.165, 1.54) is 13.0 Å². The SMILES string of the molecule is CC(=O)OCCc1cccc(CNc2cccc(-c3c4cccc(C(F)(F)F)c4nn3Cc3ccccc3)c2)c1. The first kappa shape index (κ1) is 27.0. The zero-order valence-corrected chi connectivity index (χ0v) is 21.9. The number of halogens is 3. The molecular weight excluding hydrogens is 515 g/mol. The van der Waals surface area contributed by atoms with Crippen molar-refractivity contribution >= 4 is 22.6 Å². The summed E-state index contributed by atoms with van der Waals surface area (Å²) < 4.78 is 48.3. The topological polar surface area (TPSA) is 56.1 Å². The molecule has 1 N–H and O–H groups in total. The molecule has 0 aliphatic rings. The van der Waals surface area contributed by atoms with E-state index in [2.05, 4.69) is 16.5 Å². The zero-order valence-electron chi connectivity index (χ0n) is 21.9. The molecule has 0 spiro atoms. The molecule has 8 heteroatoms. The number of aromatic nitrogens is 2. The van der Waals surface area contributed by atoms with E-state index in [1.807, 2.05) is 72.8 Å². The third kappa shape index (κ3) is 6.34. The zero-order chi connectivity index (χ0) is 28.1. The van der Waals surface area contributed by atoms with Crippen molar-refractivity contribution in [2.24, 2.45) is 0 Å². The first-order chi connectivity index (χ1) is 19.3. The number of benzene rings is 4. The highest BCUT2D eigenvalue weighted by Crippen LogP contribution is 2.38. The highest BCUT2D eigenvalue weighted by Gasteiger charge is 2.34. The molecule has 0 aliphatic heterocycles. The van der Waals surface area contributed by atoms with Crippen LogP contribution in [0.4, 0.5) is 18.9 Å². The highest BCUT2D eigenvalue weighted by atomic mass is 19.4. The summed E-state index contributed by atoms with van der Waals surface area (Å²) in [6.45, 7) is 2.60. The summed E-state index contributed by atoms with van der Waals surface area (Å²) >= 11 is 0. The number of nitrogens with zero attached hydrogens (tertiary/aromatic N) is 2. The van der Waals surface area contributed by atoms with Crippen LogP contribution in [-0.2, 0) is 35.2 Å². The Balaban J connectivity index is 1.45. The Hall–Kier alpha value is -4.59. The number of fused-ring (bicyclic) bond motifs is 1. The molecule has 0 radical (unpaired) electrons. The molecule has 0 amide bonds. The fraction of sp³-hybridized carbons (Fsp3) is 0.188. The molecule has 5 nitrogen and oxygen atoms in total. The minimum absolute atomic E-state index is 0.0649. The average molecular weight is 544 g/mol. The van der Waals surface area contributed by atoms with Gasteiger partial charge in [0.05, 0.1) is 24.4 Å². The van der Waals surface area contributed by atoms with E-state index >= 15 is 0 Å². The molecule has 1 heterocycles. The van der Waals surface area contributed by atoms with Gasteiger partial charge in [-0.05, 0) is 34.9 Å². The summed E-state index contributed by atoms with van der Waals surface area (Å²) in [4.78, 5) is 11.0. The summed E-state index contributed by atoms with van der Waals surface area (Å²) in [5.41, 5.74) is 4.46. The van der Waals surface area contributed by atoms with Gasteiger partial charge in [0.15, 0.2) is 0 Å². The van der Waals surface area contributed by atoms with Gasteiger partial charge in [0.1, 0.15) is 5.52 Å². The van der Waals surface area contributed by atoms with Crippen LogP contribution in [0.5, 0.6) is 0 Å². The Morgan fingerprint density at radius 2 is 1.60 bits per heavy atom. The third-order valence-electron chi connectivity index (χ3n) is 6.57. The molecule has 0 aliphatic carbocycles. The van der Waals surface area contributed by atoms with Gasteiger partial charge in [-0.2, -0.15) is 18.3 Å². The van der Waals surface area contributed by atoms with Gasteiger partial charge < -0.3 is 10.1 Å². The van der Waals surface area contributed by atoms with E-state index in [4.69, 9.17) is 4.74 Å². The summed E-state index contributed by atoms with van der Waals surface area (Å²) in [7, 11) is 0. The molecule has 0 saturated carbocycles. The molecule has 1 aromatic heterocycles. The largest absolute Gasteiger partial charge is 0.466 e. The molecule has 0 fully saturated rings. The number of alkyl halides is 3. The number of ether oxygens (including phenoxy) is 1. The van der Waals surface area contributed by atoms with Crippen molar-refractivity contribution < 1.29 is 22.7 Å². The van der Waals surface area contributed by atoms with Crippen LogP contribution in [-0.4, -0.2) is 22.4 Å². The van der Waals surface area contributed by atoms with Gasteiger partial charge in [-0.3, -0.25) is 9.48 Å². The number of rotatable bonds is 9. The molecule has 40 heavy (non-hydrogen) atoms. The number of hydrogen-bond acceptors (Lipinski definition) is 4. The van der Waals surface area contributed by atoms with E-state index < -0.39 is 11.7 Å². The van der Waals surface area contributed by atoms with E-state index in [9.17, 15) is 18.0 Å². The van der Waals surface area contributed by atoms with Crippen LogP contribution in [0.15, 0.2) is 97.1 Å². The van der Waals surface area contributed by atoms with Crippen molar-refractivity contribution in [1.29, 1.82) is 0 Å². The molecule has 0 bridgehead atoms. The molecule has 0 atom stereocenters. The van der Waals surface area contributed by atoms with Gasteiger partial charge in [-0.15, -0.1) is 0 Å². The van der Waals surface area contributed by atoms with Crippen molar-refractivity contribution in [3.05, 3.63) is 119 Å². The van der Waals surface area contributed by atoms with Crippen LogP contribution in [0.1, 0.15) is 29.2 Å². The van der Waals surface area contributed by atoms with E-state index in [0.717, 1.165) is 34.0 Å². The number of anilines is 1. The summed E-state index contributed by atoms with van der Waals surface area (Å²) in [5, 5.41) is 8.33. The van der Waals surface area contributed by atoms with Gasteiger partial charge in [-0.25, -0.2) is 0 Å². The van der Waals surface area contributed by atoms with Crippen LogP contribution in [0, 0.1) is 0 Å². The maximum Gasteiger partial charge on any atom is 0.418 e. The van der Waals surface area contributed by atoms with Crippen LogP contribution >= 0.6 is 0 Å². The third-order valence-corrected chi connectivity index (χ3v) is 6.57. The highest BCUT2D eigenvalue weighted by molar-refractivity contribution is 5.95. The number of esters is 1. The van der Waals surface area contributed by atoms with Crippen molar-refractivity contribution in [1.82, 2.24) is 9.78 Å². The Morgan fingerprint density at radius 3 is 2.38 bits per heavy atom. The van der Waals surface area contributed by atoms with Gasteiger partial charge >= 0.3 is 12.1 Å². The average Bonchev–Trinajstić information content (AvgIpc) is 3.30. The van der Waals surface area contributed by atoms with Gasteiger partial charge in [-0.1, -0.05) is 78.9 Å². The van der Waals surface area contributed by atoms with Crippen molar-refractivity contribution in [2.75, 3.05) is 11.9 Å². The maximum absolute atomic E-state index is 13.9. The number of hydrogen-bond donors (Lipinski definition) is 1. The van der Waals surface area contributed by atoms with E-state index in [-0.39, 0.29) is 11.5 Å². The quantitative estimate of drug-likeness (QED) is 0.196. The maximum atomic E-state index is 13.9. The van der Waals surface area contributed by atoms with Crippen LogP contribution in [0.2, 0.25) is 0 Å². The summed E-state index contributed by atoms with van der Waals surface area (Å²) in [5.74, 6) is -0.301. The van der Waals surface area contributed by atoms with Crippen molar-refractivity contribution in [2.45, 2.75) is 32.6 Å². The second-order valence-corrected chi connectivity index (χ2v) is 9.54. The Labute approximate surface area is 230 Å². The van der Waals surface area contributed by atoms with Crippen molar-refractivity contribution in [3.63, 3.8) is 0 Å². The van der Waals surface area contributed by atoms with Crippen LogP contribution in [0.3, 0.4) is 0 Å². The Kier molecular flexibility index (Phi) is 7.86. The van der Waals surface area contributed by atoms with Crippen molar-refractivity contribution in [3.8, 4) is 11.3 Å². The minimum atomic E-state index is -4.52. The number of carbonyl (C=O) groups excluding carboxylic acids is 1. The minimum Gasteiger partial charge on any atom is -0.466 e. The lowest BCUT2D eigenvalue weighted by atomic mass is 10.0. The second-order valence-electron chi connectivity index (χ2n) is 9.54. The Morgan fingerprint density at radius 1 is 0.875 bits per heavy atom. The lowest BCUT2D eigenvalue weighted by Gasteiger charge is -2.12. The standard InChI is InChI=1S/C32H28F3N3O2/c1-22(39)40-17-16-23-10-5-11-25(18-23)20-36-27-13-6-12-26(19-27)31-28-14-7-15-29(32(33,34)35)30(28)37-38(31)21-24-8-3-2-4-9-24/h2-15,18-19,36H,16-17,20-21H2,1H3. The predicted octanol–water partition coefficient (Wildman–Crippen LogP) is 7.49. The molecule has 204 valence electrons. The van der Waals surface area contributed by atoms with E-state index in [0.29, 0.717) is 37.2 Å². The van der Waals surface area contributed by atoms with Gasteiger partial charge in [0, 0.05) is 36.5 Å². The van der Waals surface area contributed by atoms with Crippen LogP contribution in [0.25, 0.3) is 22.2 Å².